The van der Waals surface area contributed by atoms with Crippen LogP contribution >= 0.6 is 15.9 Å². The lowest BCUT2D eigenvalue weighted by Crippen LogP contribution is -2.40. The molecule has 0 aliphatic carbocycles. The lowest BCUT2D eigenvalue weighted by Gasteiger charge is -2.09. The lowest BCUT2D eigenvalue weighted by molar-refractivity contribution is -0.122. The van der Waals surface area contributed by atoms with Crippen molar-refractivity contribution in [1.82, 2.24) is 10.6 Å². The van der Waals surface area contributed by atoms with E-state index in [-0.39, 0.29) is 11.9 Å². The average molecular weight is 233 g/mol. The SMILES string of the molecule is C=C(Br)CNC(=O)[C@H]1CCCN1. The number of nitrogens with one attached hydrogen (secondary N) is 2. The van der Waals surface area contributed by atoms with Crippen LogP contribution in [0.2, 0.25) is 0 Å². The maximum absolute atomic E-state index is 11.3. The number of rotatable bonds is 3. The van der Waals surface area contributed by atoms with Crippen molar-refractivity contribution in [2.75, 3.05) is 13.1 Å². The van der Waals surface area contributed by atoms with Gasteiger partial charge in [0.15, 0.2) is 0 Å². The lowest BCUT2D eigenvalue weighted by atomic mass is 10.2. The highest BCUT2D eigenvalue weighted by Crippen LogP contribution is 2.05. The monoisotopic (exact) mass is 232 g/mol. The topological polar surface area (TPSA) is 41.1 Å². The molecule has 0 bridgehead atoms. The van der Waals surface area contributed by atoms with Gasteiger partial charge in [-0.3, -0.25) is 4.79 Å². The Morgan fingerprint density at radius 1 is 1.75 bits per heavy atom. The summed E-state index contributed by atoms with van der Waals surface area (Å²) < 4.78 is 0.800. The largest absolute Gasteiger partial charge is 0.350 e. The Labute approximate surface area is 80.7 Å². The van der Waals surface area contributed by atoms with Gasteiger partial charge in [0, 0.05) is 11.0 Å². The second-order valence-corrected chi connectivity index (χ2v) is 4.01. The molecule has 68 valence electrons. The fraction of sp³-hybridized carbons (Fsp3) is 0.625. The van der Waals surface area contributed by atoms with Gasteiger partial charge in [-0.25, -0.2) is 0 Å². The zero-order chi connectivity index (χ0) is 8.97. The van der Waals surface area contributed by atoms with E-state index in [1.54, 1.807) is 0 Å². The Bertz CT molecular complexity index is 187. The molecule has 0 spiro atoms. The highest BCUT2D eigenvalue weighted by atomic mass is 79.9. The molecular formula is C8H13BrN2O. The maximum atomic E-state index is 11.3. The van der Waals surface area contributed by atoms with Crippen LogP contribution in [0.3, 0.4) is 0 Å². The van der Waals surface area contributed by atoms with E-state index in [1.165, 1.54) is 0 Å². The molecule has 0 unspecified atom stereocenters. The molecule has 1 amide bonds. The van der Waals surface area contributed by atoms with Crippen LogP contribution in [0.1, 0.15) is 12.8 Å². The van der Waals surface area contributed by atoms with Gasteiger partial charge in [0.05, 0.1) is 6.04 Å². The van der Waals surface area contributed by atoms with E-state index >= 15 is 0 Å². The normalized spacial score (nSPS) is 22.2. The molecule has 1 aliphatic heterocycles. The Kier molecular flexibility index (Phi) is 3.75. The van der Waals surface area contributed by atoms with Crippen molar-refractivity contribution in [3.05, 3.63) is 11.1 Å². The molecule has 1 rings (SSSR count). The van der Waals surface area contributed by atoms with E-state index in [9.17, 15) is 4.79 Å². The van der Waals surface area contributed by atoms with Gasteiger partial charge in [0.25, 0.3) is 0 Å². The zero-order valence-electron chi connectivity index (χ0n) is 6.90. The quantitative estimate of drug-likeness (QED) is 0.755. The molecule has 3 nitrogen and oxygen atoms in total. The summed E-state index contributed by atoms with van der Waals surface area (Å²) in [6, 6.07) is 0.0110. The van der Waals surface area contributed by atoms with Crippen molar-refractivity contribution in [2.24, 2.45) is 0 Å². The van der Waals surface area contributed by atoms with Gasteiger partial charge >= 0.3 is 0 Å². The Morgan fingerprint density at radius 2 is 2.50 bits per heavy atom. The third-order valence-corrected chi connectivity index (χ3v) is 2.11. The van der Waals surface area contributed by atoms with Crippen molar-refractivity contribution < 1.29 is 4.79 Å². The van der Waals surface area contributed by atoms with E-state index in [0.717, 1.165) is 23.9 Å². The van der Waals surface area contributed by atoms with Crippen LogP contribution in [0.15, 0.2) is 11.1 Å². The molecule has 0 radical (unpaired) electrons. The van der Waals surface area contributed by atoms with E-state index in [2.05, 4.69) is 33.1 Å². The van der Waals surface area contributed by atoms with E-state index in [4.69, 9.17) is 0 Å². The van der Waals surface area contributed by atoms with E-state index < -0.39 is 0 Å². The Balaban J connectivity index is 2.23. The highest BCUT2D eigenvalue weighted by molar-refractivity contribution is 9.11. The standard InChI is InChI=1S/C8H13BrN2O/c1-6(9)5-11-8(12)7-3-2-4-10-7/h7,10H,1-5H2,(H,11,12)/t7-/m1/s1. The first-order valence-corrected chi connectivity index (χ1v) is 4.84. The van der Waals surface area contributed by atoms with Crippen LogP contribution in [0.25, 0.3) is 0 Å². The van der Waals surface area contributed by atoms with Crippen LogP contribution in [0, 0.1) is 0 Å². The number of carbonyl (C=O) groups excluding carboxylic acids is 1. The molecular weight excluding hydrogens is 220 g/mol. The zero-order valence-corrected chi connectivity index (χ0v) is 8.49. The van der Waals surface area contributed by atoms with E-state index in [0.29, 0.717) is 6.54 Å². The number of amides is 1. The van der Waals surface area contributed by atoms with Crippen molar-refractivity contribution in [1.29, 1.82) is 0 Å². The summed E-state index contributed by atoms with van der Waals surface area (Å²) in [4.78, 5) is 11.3. The molecule has 12 heavy (non-hydrogen) atoms. The third kappa shape index (κ3) is 2.95. The summed E-state index contributed by atoms with van der Waals surface area (Å²) in [5.41, 5.74) is 0. The molecule has 2 N–H and O–H groups in total. The van der Waals surface area contributed by atoms with Crippen LogP contribution in [-0.4, -0.2) is 25.0 Å². The number of hydrogen-bond donors (Lipinski definition) is 2. The van der Waals surface area contributed by atoms with Crippen LogP contribution < -0.4 is 10.6 Å². The number of hydrogen-bond acceptors (Lipinski definition) is 2. The molecule has 0 aromatic carbocycles. The van der Waals surface area contributed by atoms with E-state index in [1.807, 2.05) is 0 Å². The fourth-order valence-corrected chi connectivity index (χ4v) is 1.35. The first-order valence-electron chi connectivity index (χ1n) is 4.04. The number of halogens is 1. The maximum Gasteiger partial charge on any atom is 0.237 e. The first-order chi connectivity index (χ1) is 5.70. The minimum absolute atomic E-state index is 0.0110. The molecule has 0 aromatic rings. The molecule has 0 saturated carbocycles. The van der Waals surface area contributed by atoms with Crippen molar-refractivity contribution in [2.45, 2.75) is 18.9 Å². The van der Waals surface area contributed by atoms with Gasteiger partial charge in [-0.2, -0.15) is 0 Å². The van der Waals surface area contributed by atoms with Crippen molar-refractivity contribution in [3.8, 4) is 0 Å². The smallest absolute Gasteiger partial charge is 0.237 e. The van der Waals surface area contributed by atoms with Gasteiger partial charge < -0.3 is 10.6 Å². The predicted molar refractivity (Wildman–Crippen MR) is 52.1 cm³/mol. The number of carbonyl (C=O) groups is 1. The minimum Gasteiger partial charge on any atom is -0.350 e. The summed E-state index contributed by atoms with van der Waals surface area (Å²) in [6.07, 6.45) is 2.04. The van der Waals surface area contributed by atoms with Crippen LogP contribution in [-0.2, 0) is 4.79 Å². The third-order valence-electron chi connectivity index (χ3n) is 1.83. The average Bonchev–Trinajstić information content (AvgIpc) is 2.51. The summed E-state index contributed by atoms with van der Waals surface area (Å²) in [5, 5.41) is 5.90. The molecule has 4 heteroatoms. The van der Waals surface area contributed by atoms with Crippen LogP contribution in [0.4, 0.5) is 0 Å². The summed E-state index contributed by atoms with van der Waals surface area (Å²) in [5.74, 6) is 0.0769. The molecule has 1 fully saturated rings. The molecule has 1 heterocycles. The predicted octanol–water partition coefficient (Wildman–Crippen LogP) is 0.763. The fourth-order valence-electron chi connectivity index (χ4n) is 1.21. The summed E-state index contributed by atoms with van der Waals surface area (Å²) >= 11 is 3.18. The minimum atomic E-state index is 0.0110. The summed E-state index contributed by atoms with van der Waals surface area (Å²) in [7, 11) is 0. The molecule has 1 atom stereocenters. The van der Waals surface area contributed by atoms with Crippen molar-refractivity contribution in [3.63, 3.8) is 0 Å². The molecule has 1 aliphatic rings. The van der Waals surface area contributed by atoms with Gasteiger partial charge in [0.2, 0.25) is 5.91 Å². The summed E-state index contributed by atoms with van der Waals surface area (Å²) in [6.45, 7) is 5.10. The first kappa shape index (κ1) is 9.74. The molecule has 0 aromatic heterocycles. The Hall–Kier alpha value is -0.350. The highest BCUT2D eigenvalue weighted by Gasteiger charge is 2.21. The second-order valence-electron chi connectivity index (χ2n) is 2.88. The van der Waals surface area contributed by atoms with Gasteiger partial charge in [-0.1, -0.05) is 22.5 Å². The van der Waals surface area contributed by atoms with Crippen LogP contribution in [0.5, 0.6) is 0 Å². The van der Waals surface area contributed by atoms with Gasteiger partial charge in [-0.15, -0.1) is 0 Å². The second kappa shape index (κ2) is 4.62. The Morgan fingerprint density at radius 3 is 3.00 bits per heavy atom. The van der Waals surface area contributed by atoms with Crippen molar-refractivity contribution >= 4 is 21.8 Å². The van der Waals surface area contributed by atoms with Gasteiger partial charge in [-0.05, 0) is 19.4 Å². The van der Waals surface area contributed by atoms with Gasteiger partial charge in [0.1, 0.15) is 0 Å². The molecule has 1 saturated heterocycles.